The van der Waals surface area contributed by atoms with E-state index in [1.165, 1.54) is 4.68 Å². The molecule has 0 aliphatic heterocycles. The Hall–Kier alpha value is -0.760. The van der Waals surface area contributed by atoms with Gasteiger partial charge in [0.1, 0.15) is 0 Å². The second kappa shape index (κ2) is 6.67. The number of hydrogen-bond donors (Lipinski definition) is 1. The van der Waals surface area contributed by atoms with Crippen LogP contribution < -0.4 is 5.32 Å². The summed E-state index contributed by atoms with van der Waals surface area (Å²) in [6.07, 6.45) is 1.04. The largest absolute Gasteiger partial charge is 0.315 e. The van der Waals surface area contributed by atoms with Gasteiger partial charge in [0.25, 0.3) is 5.76 Å². The summed E-state index contributed by atoms with van der Waals surface area (Å²) in [4.78, 5) is 0. The van der Waals surface area contributed by atoms with Gasteiger partial charge in [-0.25, -0.2) is 4.68 Å². The molecule has 0 fully saturated rings. The number of alkyl halides is 2. The third-order valence-electron chi connectivity index (χ3n) is 1.62. The van der Waals surface area contributed by atoms with E-state index >= 15 is 0 Å². The van der Waals surface area contributed by atoms with Crippen molar-refractivity contribution in [3.8, 4) is 0 Å². The Bertz CT molecular complexity index is 280. The predicted octanol–water partition coefficient (Wildman–Crippen LogP) is 0.987. The molecule has 0 aliphatic rings. The van der Waals surface area contributed by atoms with Gasteiger partial charge in [-0.3, -0.25) is 0 Å². The first-order chi connectivity index (χ1) is 7.24. The highest BCUT2D eigenvalue weighted by atomic mass is 32.2. The average Bonchev–Trinajstić information content (AvgIpc) is 2.59. The van der Waals surface area contributed by atoms with Crippen LogP contribution in [0.1, 0.15) is 13.3 Å². The Morgan fingerprint density at radius 3 is 2.93 bits per heavy atom. The maximum atomic E-state index is 12.1. The fourth-order valence-corrected chi connectivity index (χ4v) is 1.48. The summed E-state index contributed by atoms with van der Waals surface area (Å²) < 4.78 is 25.5. The van der Waals surface area contributed by atoms with Gasteiger partial charge in [-0.05, 0) is 35.2 Å². The molecule has 15 heavy (non-hydrogen) atoms. The summed E-state index contributed by atoms with van der Waals surface area (Å²) in [6.45, 7) is 4.14. The van der Waals surface area contributed by atoms with E-state index < -0.39 is 5.76 Å². The molecule has 1 N–H and O–H groups in total. The maximum Gasteiger partial charge on any atom is 0.291 e. The first-order valence-electron chi connectivity index (χ1n) is 4.65. The van der Waals surface area contributed by atoms with Crippen LogP contribution in [0, 0.1) is 0 Å². The number of tetrazole rings is 1. The topological polar surface area (TPSA) is 55.6 Å². The lowest BCUT2D eigenvalue weighted by Gasteiger charge is -2.04. The maximum absolute atomic E-state index is 12.1. The van der Waals surface area contributed by atoms with Gasteiger partial charge in [0.05, 0.1) is 6.54 Å². The number of halogens is 2. The van der Waals surface area contributed by atoms with Crippen LogP contribution in [0.25, 0.3) is 0 Å². The molecule has 0 saturated carbocycles. The zero-order valence-corrected chi connectivity index (χ0v) is 9.18. The molecule has 1 aromatic rings. The molecule has 5 nitrogen and oxygen atoms in total. The lowest BCUT2D eigenvalue weighted by atomic mass is 10.5. The molecule has 0 amide bonds. The molecule has 0 bridgehead atoms. The zero-order valence-electron chi connectivity index (χ0n) is 8.36. The molecule has 0 unspecified atom stereocenters. The van der Waals surface area contributed by atoms with Gasteiger partial charge in [0, 0.05) is 6.54 Å². The van der Waals surface area contributed by atoms with Crippen molar-refractivity contribution < 1.29 is 8.78 Å². The Labute approximate surface area is 90.6 Å². The summed E-state index contributed by atoms with van der Waals surface area (Å²) in [5.74, 6) is -2.49. The molecule has 8 heteroatoms. The van der Waals surface area contributed by atoms with E-state index in [9.17, 15) is 8.78 Å². The third kappa shape index (κ3) is 4.52. The predicted molar refractivity (Wildman–Crippen MR) is 52.8 cm³/mol. The monoisotopic (exact) mass is 237 g/mol. The Morgan fingerprint density at radius 2 is 2.27 bits per heavy atom. The van der Waals surface area contributed by atoms with Crippen LogP contribution in [0.15, 0.2) is 5.16 Å². The normalized spacial score (nSPS) is 11.2. The van der Waals surface area contributed by atoms with Gasteiger partial charge in [-0.15, -0.1) is 5.10 Å². The molecular weight excluding hydrogens is 224 g/mol. The quantitative estimate of drug-likeness (QED) is 0.566. The summed E-state index contributed by atoms with van der Waals surface area (Å²) in [6, 6.07) is 0. The van der Waals surface area contributed by atoms with Gasteiger partial charge in [-0.1, -0.05) is 6.92 Å². The van der Waals surface area contributed by atoms with Crippen molar-refractivity contribution in [3.05, 3.63) is 0 Å². The molecule has 86 valence electrons. The van der Waals surface area contributed by atoms with Crippen LogP contribution in [-0.2, 0) is 6.54 Å². The molecule has 0 radical (unpaired) electrons. The summed E-state index contributed by atoms with van der Waals surface area (Å²) in [5, 5.41) is 13.8. The fourth-order valence-electron chi connectivity index (χ4n) is 0.988. The number of nitrogens with one attached hydrogen (secondary N) is 1. The van der Waals surface area contributed by atoms with Crippen LogP contribution >= 0.6 is 11.8 Å². The minimum Gasteiger partial charge on any atom is -0.315 e. The van der Waals surface area contributed by atoms with E-state index in [2.05, 4.69) is 27.8 Å². The Balaban J connectivity index is 2.36. The Morgan fingerprint density at radius 1 is 1.47 bits per heavy atom. The van der Waals surface area contributed by atoms with E-state index in [0.717, 1.165) is 13.0 Å². The number of hydrogen-bond acceptors (Lipinski definition) is 5. The summed E-state index contributed by atoms with van der Waals surface area (Å²) >= 11 is 0.361. The van der Waals surface area contributed by atoms with Crippen LogP contribution in [0.3, 0.4) is 0 Å². The molecule has 1 rings (SSSR count). The van der Waals surface area contributed by atoms with E-state index in [0.29, 0.717) is 24.9 Å². The summed E-state index contributed by atoms with van der Waals surface area (Å²) in [7, 11) is 0. The van der Waals surface area contributed by atoms with Crippen LogP contribution in [0.5, 0.6) is 0 Å². The smallest absolute Gasteiger partial charge is 0.291 e. The highest BCUT2D eigenvalue weighted by Gasteiger charge is 2.12. The van der Waals surface area contributed by atoms with Gasteiger partial charge < -0.3 is 5.32 Å². The lowest BCUT2D eigenvalue weighted by Crippen LogP contribution is -2.21. The van der Waals surface area contributed by atoms with Gasteiger partial charge >= 0.3 is 0 Å². The molecule has 0 saturated heterocycles. The van der Waals surface area contributed by atoms with E-state index in [1.807, 2.05) is 0 Å². The molecule has 1 heterocycles. The van der Waals surface area contributed by atoms with Crippen molar-refractivity contribution in [1.29, 1.82) is 0 Å². The van der Waals surface area contributed by atoms with Crippen molar-refractivity contribution in [1.82, 2.24) is 25.5 Å². The van der Waals surface area contributed by atoms with Crippen molar-refractivity contribution in [3.63, 3.8) is 0 Å². The number of aromatic nitrogens is 4. The first-order valence-corrected chi connectivity index (χ1v) is 5.53. The number of thioether (sulfide) groups is 1. The van der Waals surface area contributed by atoms with Gasteiger partial charge in [-0.2, -0.15) is 8.78 Å². The van der Waals surface area contributed by atoms with E-state index in [-0.39, 0.29) is 5.16 Å². The van der Waals surface area contributed by atoms with E-state index in [1.54, 1.807) is 0 Å². The molecule has 0 atom stereocenters. The molecule has 1 aromatic heterocycles. The minimum atomic E-state index is -2.49. The first kappa shape index (κ1) is 12.3. The van der Waals surface area contributed by atoms with Crippen molar-refractivity contribution >= 4 is 11.8 Å². The van der Waals surface area contributed by atoms with Crippen molar-refractivity contribution in [2.24, 2.45) is 0 Å². The average molecular weight is 237 g/mol. The molecule has 0 spiro atoms. The minimum absolute atomic E-state index is 0.156. The Kier molecular flexibility index (Phi) is 5.48. The van der Waals surface area contributed by atoms with Gasteiger partial charge in [0.2, 0.25) is 5.16 Å². The molecule has 0 aliphatic carbocycles. The molecular formula is C7H13F2N5S. The lowest BCUT2D eigenvalue weighted by molar-refractivity contribution is 0.251. The standard InChI is InChI=1S/C7H13F2N5S/c1-2-3-10-4-5-14-7(11-12-13-14)15-6(8)9/h6,10H,2-5H2,1H3. The second-order valence-corrected chi connectivity index (χ2v) is 3.77. The second-order valence-electron chi connectivity index (χ2n) is 2.81. The van der Waals surface area contributed by atoms with Crippen molar-refractivity contribution in [2.75, 3.05) is 13.1 Å². The summed E-state index contributed by atoms with van der Waals surface area (Å²) in [5.41, 5.74) is 0. The van der Waals surface area contributed by atoms with Crippen LogP contribution in [0.4, 0.5) is 8.78 Å². The van der Waals surface area contributed by atoms with Crippen LogP contribution in [-0.4, -0.2) is 39.1 Å². The highest BCUT2D eigenvalue weighted by molar-refractivity contribution is 7.99. The number of rotatable bonds is 7. The van der Waals surface area contributed by atoms with E-state index in [4.69, 9.17) is 0 Å². The number of nitrogens with zero attached hydrogens (tertiary/aromatic N) is 4. The highest BCUT2D eigenvalue weighted by Crippen LogP contribution is 2.21. The molecule has 0 aromatic carbocycles. The fraction of sp³-hybridized carbons (Fsp3) is 0.857. The zero-order chi connectivity index (χ0) is 11.1. The SMILES string of the molecule is CCCNCCn1nnnc1SC(F)F. The van der Waals surface area contributed by atoms with Crippen LogP contribution in [0.2, 0.25) is 0 Å². The van der Waals surface area contributed by atoms with Gasteiger partial charge in [0.15, 0.2) is 0 Å². The van der Waals surface area contributed by atoms with Crippen molar-refractivity contribution in [2.45, 2.75) is 30.8 Å². The third-order valence-corrected chi connectivity index (χ3v) is 2.30.